The molecule has 5 rings (SSSR count). The summed E-state index contributed by atoms with van der Waals surface area (Å²) in [5.74, 6) is 0.375. The molecule has 0 fully saturated rings. The number of rotatable bonds is 4. The highest BCUT2D eigenvalue weighted by molar-refractivity contribution is 6.33. The maximum absolute atomic E-state index is 6.06. The van der Waals surface area contributed by atoms with Gasteiger partial charge in [0.05, 0.1) is 16.6 Å². The van der Waals surface area contributed by atoms with Crippen LogP contribution in [0.1, 0.15) is 30.9 Å². The van der Waals surface area contributed by atoms with Gasteiger partial charge in [0.1, 0.15) is 11.5 Å². The predicted octanol–water partition coefficient (Wildman–Crippen LogP) is 5.76. The van der Waals surface area contributed by atoms with Gasteiger partial charge in [-0.3, -0.25) is 0 Å². The third kappa shape index (κ3) is 3.56. The number of aromatic nitrogens is 4. The third-order valence-corrected chi connectivity index (χ3v) is 6.05. The van der Waals surface area contributed by atoms with Crippen molar-refractivity contribution in [1.82, 2.24) is 19.5 Å². The standard InChI is InChI=1S/C22H19Cl2N5/c23-18-11-15-5-3-14(10-19(15)27-20(18)25)2-1-13-4-6-17(9-13)29-8-7-16-12-26-22(24)28-21(16)29/h3,5,7-12,17H,1-2,4,6H2,(H2,25,27). The SMILES string of the molecule is Nc1nc2cc(CCC3=CC(n4ccc5cnc(Cl)nc54)CC3)ccc2cc1Cl. The molecule has 1 aromatic carbocycles. The van der Waals surface area contributed by atoms with Crippen molar-refractivity contribution >= 4 is 51.0 Å². The minimum absolute atomic E-state index is 0.284. The zero-order valence-corrected chi connectivity index (χ0v) is 17.2. The molecule has 29 heavy (non-hydrogen) atoms. The number of hydrogen-bond donors (Lipinski definition) is 1. The lowest BCUT2D eigenvalue weighted by Crippen LogP contribution is -2.03. The number of halogens is 2. The Kier molecular flexibility index (Phi) is 4.64. The molecule has 5 nitrogen and oxygen atoms in total. The van der Waals surface area contributed by atoms with E-state index in [1.165, 1.54) is 11.1 Å². The molecule has 0 amide bonds. The van der Waals surface area contributed by atoms with E-state index in [2.05, 4.69) is 50.0 Å². The molecule has 2 N–H and O–H groups in total. The number of allylic oxidation sites excluding steroid dienone is 2. The lowest BCUT2D eigenvalue weighted by Gasteiger charge is -2.10. The van der Waals surface area contributed by atoms with Gasteiger partial charge in [-0.05, 0) is 61.0 Å². The topological polar surface area (TPSA) is 69.6 Å². The first-order valence-electron chi connectivity index (χ1n) is 9.60. The summed E-state index contributed by atoms with van der Waals surface area (Å²) >= 11 is 12.1. The van der Waals surface area contributed by atoms with Gasteiger partial charge in [-0.15, -0.1) is 0 Å². The van der Waals surface area contributed by atoms with Crippen LogP contribution in [0.25, 0.3) is 21.9 Å². The number of aryl methyl sites for hydroxylation is 1. The van der Waals surface area contributed by atoms with Crippen LogP contribution in [0.4, 0.5) is 5.82 Å². The van der Waals surface area contributed by atoms with Crippen molar-refractivity contribution in [2.75, 3.05) is 5.73 Å². The van der Waals surface area contributed by atoms with Gasteiger partial charge in [-0.1, -0.05) is 35.4 Å². The Morgan fingerprint density at radius 2 is 1.97 bits per heavy atom. The predicted molar refractivity (Wildman–Crippen MR) is 118 cm³/mol. The molecule has 146 valence electrons. The van der Waals surface area contributed by atoms with Gasteiger partial charge in [0.2, 0.25) is 5.28 Å². The number of fused-ring (bicyclic) bond motifs is 2. The quantitative estimate of drug-likeness (QED) is 0.334. The van der Waals surface area contributed by atoms with E-state index < -0.39 is 0 Å². The minimum Gasteiger partial charge on any atom is -0.382 e. The highest BCUT2D eigenvalue weighted by atomic mass is 35.5. The number of benzene rings is 1. The number of hydrogen-bond acceptors (Lipinski definition) is 4. The van der Waals surface area contributed by atoms with E-state index in [-0.39, 0.29) is 5.28 Å². The van der Waals surface area contributed by atoms with Crippen molar-refractivity contribution in [3.63, 3.8) is 0 Å². The van der Waals surface area contributed by atoms with E-state index in [9.17, 15) is 0 Å². The normalized spacial score (nSPS) is 16.6. The summed E-state index contributed by atoms with van der Waals surface area (Å²) in [5, 5.41) is 2.80. The van der Waals surface area contributed by atoms with Crippen molar-refractivity contribution in [3.8, 4) is 0 Å². The average molecular weight is 424 g/mol. The Bertz CT molecular complexity index is 1260. The largest absolute Gasteiger partial charge is 0.382 e. The zero-order valence-electron chi connectivity index (χ0n) is 15.6. The molecule has 7 heteroatoms. The number of anilines is 1. The molecule has 3 aromatic heterocycles. The molecule has 0 saturated carbocycles. The maximum Gasteiger partial charge on any atom is 0.224 e. The molecule has 0 radical (unpaired) electrons. The fraction of sp³-hybridized carbons (Fsp3) is 0.227. The first kappa shape index (κ1) is 18.4. The second kappa shape index (κ2) is 7.32. The van der Waals surface area contributed by atoms with Gasteiger partial charge in [0.15, 0.2) is 0 Å². The molecule has 3 heterocycles. The fourth-order valence-electron chi connectivity index (χ4n) is 4.05. The Morgan fingerprint density at radius 3 is 2.86 bits per heavy atom. The second-order valence-corrected chi connectivity index (χ2v) is 8.20. The molecule has 4 aromatic rings. The fourth-order valence-corrected chi connectivity index (χ4v) is 4.34. The molecule has 0 saturated heterocycles. The van der Waals surface area contributed by atoms with Crippen molar-refractivity contribution in [1.29, 1.82) is 0 Å². The number of nitrogens with zero attached hydrogens (tertiary/aromatic N) is 4. The van der Waals surface area contributed by atoms with Crippen molar-refractivity contribution in [3.05, 3.63) is 70.2 Å². The molecule has 0 spiro atoms. The molecule has 1 atom stereocenters. The summed E-state index contributed by atoms with van der Waals surface area (Å²) in [7, 11) is 0. The molecule has 0 aliphatic heterocycles. The van der Waals surface area contributed by atoms with Crippen molar-refractivity contribution in [2.24, 2.45) is 0 Å². The van der Waals surface area contributed by atoms with Crippen molar-refractivity contribution in [2.45, 2.75) is 31.7 Å². The van der Waals surface area contributed by atoms with Crippen LogP contribution in [-0.4, -0.2) is 19.5 Å². The lowest BCUT2D eigenvalue weighted by atomic mass is 10.0. The first-order valence-corrected chi connectivity index (χ1v) is 10.4. The van der Waals surface area contributed by atoms with Crippen LogP contribution in [0.5, 0.6) is 0 Å². The van der Waals surface area contributed by atoms with Gasteiger partial charge in [-0.2, -0.15) is 4.98 Å². The highest BCUT2D eigenvalue weighted by Crippen LogP contribution is 2.33. The summed E-state index contributed by atoms with van der Waals surface area (Å²) in [6.45, 7) is 0. The monoisotopic (exact) mass is 423 g/mol. The summed E-state index contributed by atoms with van der Waals surface area (Å²) < 4.78 is 2.20. The third-order valence-electron chi connectivity index (χ3n) is 5.57. The Balaban J connectivity index is 1.33. The highest BCUT2D eigenvalue weighted by Gasteiger charge is 2.19. The Labute approximate surface area is 178 Å². The van der Waals surface area contributed by atoms with Gasteiger partial charge in [0.25, 0.3) is 0 Å². The Morgan fingerprint density at radius 1 is 1.07 bits per heavy atom. The number of pyridine rings is 1. The lowest BCUT2D eigenvalue weighted by molar-refractivity contribution is 0.603. The van der Waals surface area contributed by atoms with Crippen LogP contribution in [0.15, 0.2) is 54.4 Å². The number of nitrogen functional groups attached to an aromatic ring is 1. The van der Waals surface area contributed by atoms with E-state index in [0.29, 0.717) is 16.9 Å². The van der Waals surface area contributed by atoms with Crippen LogP contribution >= 0.6 is 23.2 Å². The van der Waals surface area contributed by atoms with E-state index >= 15 is 0 Å². The van der Waals surface area contributed by atoms with Gasteiger partial charge in [0, 0.05) is 23.2 Å². The van der Waals surface area contributed by atoms with Gasteiger partial charge >= 0.3 is 0 Å². The average Bonchev–Trinajstić information content (AvgIpc) is 3.33. The smallest absolute Gasteiger partial charge is 0.224 e. The van der Waals surface area contributed by atoms with Gasteiger partial charge < -0.3 is 10.3 Å². The molecule has 1 unspecified atom stereocenters. The van der Waals surface area contributed by atoms with Crippen LogP contribution in [0.3, 0.4) is 0 Å². The van der Waals surface area contributed by atoms with E-state index in [0.717, 1.165) is 47.6 Å². The molecular formula is C22H19Cl2N5. The summed E-state index contributed by atoms with van der Waals surface area (Å²) in [6, 6.07) is 10.5. The van der Waals surface area contributed by atoms with Crippen LogP contribution in [0, 0.1) is 0 Å². The van der Waals surface area contributed by atoms with Crippen molar-refractivity contribution < 1.29 is 0 Å². The van der Waals surface area contributed by atoms with Crippen LogP contribution in [0.2, 0.25) is 10.3 Å². The van der Waals surface area contributed by atoms with E-state index in [1.54, 1.807) is 6.20 Å². The number of nitrogens with two attached hydrogens (primary N) is 1. The Hall–Kier alpha value is -2.63. The zero-order chi connectivity index (χ0) is 20.0. The summed E-state index contributed by atoms with van der Waals surface area (Å²) in [5.41, 5.74) is 10.4. The first-order chi connectivity index (χ1) is 14.1. The van der Waals surface area contributed by atoms with Crippen LogP contribution in [-0.2, 0) is 6.42 Å². The molecule has 1 aliphatic carbocycles. The molecule has 1 aliphatic rings. The van der Waals surface area contributed by atoms with Gasteiger partial charge in [-0.25, -0.2) is 9.97 Å². The second-order valence-electron chi connectivity index (χ2n) is 7.45. The van der Waals surface area contributed by atoms with E-state index in [4.69, 9.17) is 28.9 Å². The molecule has 0 bridgehead atoms. The minimum atomic E-state index is 0.284. The van der Waals surface area contributed by atoms with Crippen LogP contribution < -0.4 is 5.73 Å². The molecular weight excluding hydrogens is 405 g/mol. The summed E-state index contributed by atoms with van der Waals surface area (Å²) in [4.78, 5) is 12.9. The maximum atomic E-state index is 6.06. The van der Waals surface area contributed by atoms with E-state index in [1.807, 2.05) is 12.1 Å². The summed E-state index contributed by atoms with van der Waals surface area (Å²) in [6.07, 6.45) is 10.4.